The summed E-state index contributed by atoms with van der Waals surface area (Å²) in [4.78, 5) is 26.0. The Labute approximate surface area is 170 Å². The van der Waals surface area contributed by atoms with Crippen molar-refractivity contribution in [2.45, 2.75) is 32.3 Å². The molecule has 1 amide bonds. The number of benzene rings is 2. The van der Waals surface area contributed by atoms with Crippen LogP contribution in [0.1, 0.15) is 32.3 Å². The number of anilines is 1. The molecule has 0 saturated carbocycles. The third kappa shape index (κ3) is 5.63. The van der Waals surface area contributed by atoms with Crippen LogP contribution in [0.2, 0.25) is 0 Å². The van der Waals surface area contributed by atoms with Crippen molar-refractivity contribution in [3.63, 3.8) is 0 Å². The molecule has 0 aliphatic carbocycles. The summed E-state index contributed by atoms with van der Waals surface area (Å²) in [6.45, 7) is 5.25. The Bertz CT molecular complexity index is 832. The van der Waals surface area contributed by atoms with E-state index in [9.17, 15) is 9.59 Å². The van der Waals surface area contributed by atoms with Crippen molar-refractivity contribution in [3.05, 3.63) is 48.0 Å². The molecule has 2 aromatic carbocycles. The number of methoxy groups -OCH3 is 3. The van der Waals surface area contributed by atoms with Crippen LogP contribution < -0.4 is 19.5 Å². The minimum atomic E-state index is -1.16. The molecule has 1 unspecified atom stereocenters. The van der Waals surface area contributed by atoms with Gasteiger partial charge in [-0.3, -0.25) is 9.59 Å². The van der Waals surface area contributed by atoms with E-state index in [-0.39, 0.29) is 0 Å². The van der Waals surface area contributed by atoms with Crippen LogP contribution in [-0.2, 0) is 14.3 Å². The van der Waals surface area contributed by atoms with Gasteiger partial charge in [0, 0.05) is 12.1 Å². The lowest BCUT2D eigenvalue weighted by molar-refractivity contribution is -0.158. The number of esters is 1. The summed E-state index contributed by atoms with van der Waals surface area (Å²) in [7, 11) is 4.44. The van der Waals surface area contributed by atoms with E-state index in [1.54, 1.807) is 57.2 Å². The van der Waals surface area contributed by atoms with Gasteiger partial charge >= 0.3 is 5.97 Å². The SMILES string of the molecule is COc1cc(OC)c(NC(=O)C(C(=O)OC(C)(C)C)c2ccccc2)c(OC)c1. The van der Waals surface area contributed by atoms with E-state index >= 15 is 0 Å². The zero-order chi connectivity index (χ0) is 21.6. The first-order valence-electron chi connectivity index (χ1n) is 9.09. The number of amides is 1. The largest absolute Gasteiger partial charge is 0.496 e. The van der Waals surface area contributed by atoms with E-state index in [2.05, 4.69) is 5.32 Å². The molecule has 7 heteroatoms. The van der Waals surface area contributed by atoms with Crippen LogP contribution in [0.4, 0.5) is 5.69 Å². The molecular formula is C22H27NO6. The first-order chi connectivity index (χ1) is 13.7. The summed E-state index contributed by atoms with van der Waals surface area (Å²) < 4.78 is 21.4. The molecule has 2 rings (SSSR count). The van der Waals surface area contributed by atoms with Crippen LogP contribution >= 0.6 is 0 Å². The number of nitrogens with one attached hydrogen (secondary N) is 1. The minimum Gasteiger partial charge on any atom is -0.496 e. The molecule has 0 aromatic heterocycles. The Morgan fingerprint density at radius 2 is 1.45 bits per heavy atom. The van der Waals surface area contributed by atoms with Gasteiger partial charge in [-0.25, -0.2) is 0 Å². The molecule has 0 radical (unpaired) electrons. The second kappa shape index (κ2) is 9.32. The molecule has 156 valence electrons. The highest BCUT2D eigenvalue weighted by Crippen LogP contribution is 2.39. The quantitative estimate of drug-likeness (QED) is 0.562. The lowest BCUT2D eigenvalue weighted by atomic mass is 9.97. The summed E-state index contributed by atoms with van der Waals surface area (Å²) in [6, 6.07) is 12.0. The average Bonchev–Trinajstić information content (AvgIpc) is 2.67. The second-order valence-corrected chi connectivity index (χ2v) is 7.27. The fourth-order valence-corrected chi connectivity index (χ4v) is 2.72. The van der Waals surface area contributed by atoms with Crippen molar-refractivity contribution < 1.29 is 28.5 Å². The van der Waals surface area contributed by atoms with Crippen molar-refractivity contribution >= 4 is 17.6 Å². The summed E-state index contributed by atoms with van der Waals surface area (Å²) in [5, 5.41) is 2.75. The molecule has 0 fully saturated rings. The van der Waals surface area contributed by atoms with Gasteiger partial charge in [0.1, 0.15) is 28.5 Å². The fraction of sp³-hybridized carbons (Fsp3) is 0.364. The predicted octanol–water partition coefficient (Wildman–Crippen LogP) is 3.78. The van der Waals surface area contributed by atoms with Crippen LogP contribution in [0.25, 0.3) is 0 Å². The smallest absolute Gasteiger partial charge is 0.323 e. The van der Waals surface area contributed by atoms with Crippen molar-refractivity contribution in [1.29, 1.82) is 0 Å². The van der Waals surface area contributed by atoms with Crippen LogP contribution in [0.15, 0.2) is 42.5 Å². The lowest BCUT2D eigenvalue weighted by Crippen LogP contribution is -2.34. The molecular weight excluding hydrogens is 374 g/mol. The molecule has 29 heavy (non-hydrogen) atoms. The number of hydrogen-bond acceptors (Lipinski definition) is 6. The van der Waals surface area contributed by atoms with Gasteiger partial charge in [0.25, 0.3) is 0 Å². The van der Waals surface area contributed by atoms with Crippen molar-refractivity contribution in [2.75, 3.05) is 26.6 Å². The molecule has 2 aromatic rings. The highest BCUT2D eigenvalue weighted by Gasteiger charge is 2.34. The van der Waals surface area contributed by atoms with Crippen molar-refractivity contribution in [3.8, 4) is 17.2 Å². The number of carbonyl (C=O) groups excluding carboxylic acids is 2. The molecule has 1 atom stereocenters. The zero-order valence-corrected chi connectivity index (χ0v) is 17.6. The summed E-state index contributed by atoms with van der Waals surface area (Å²) >= 11 is 0. The van der Waals surface area contributed by atoms with Gasteiger partial charge in [-0.1, -0.05) is 30.3 Å². The van der Waals surface area contributed by atoms with Gasteiger partial charge in [-0.05, 0) is 26.3 Å². The Morgan fingerprint density at radius 1 is 0.897 bits per heavy atom. The van der Waals surface area contributed by atoms with Crippen molar-refractivity contribution in [2.24, 2.45) is 0 Å². The molecule has 1 N–H and O–H groups in total. The van der Waals surface area contributed by atoms with Crippen LogP contribution in [0, 0.1) is 0 Å². The van der Waals surface area contributed by atoms with Gasteiger partial charge < -0.3 is 24.3 Å². The van der Waals surface area contributed by atoms with E-state index in [0.29, 0.717) is 28.5 Å². The van der Waals surface area contributed by atoms with Crippen LogP contribution in [-0.4, -0.2) is 38.8 Å². The van der Waals surface area contributed by atoms with Gasteiger partial charge in [-0.2, -0.15) is 0 Å². The number of carbonyl (C=O) groups is 2. The highest BCUT2D eigenvalue weighted by atomic mass is 16.6. The number of rotatable bonds is 7. The molecule has 0 aliphatic heterocycles. The Kier molecular flexibility index (Phi) is 7.09. The number of ether oxygens (including phenoxy) is 4. The maximum atomic E-state index is 13.2. The van der Waals surface area contributed by atoms with E-state index < -0.39 is 23.4 Å². The monoisotopic (exact) mass is 401 g/mol. The minimum absolute atomic E-state index is 0.297. The average molecular weight is 401 g/mol. The van der Waals surface area contributed by atoms with Crippen molar-refractivity contribution in [1.82, 2.24) is 0 Å². The third-order valence-corrected chi connectivity index (χ3v) is 4.00. The normalized spacial score (nSPS) is 11.9. The second-order valence-electron chi connectivity index (χ2n) is 7.27. The topological polar surface area (TPSA) is 83.1 Å². The fourth-order valence-electron chi connectivity index (χ4n) is 2.72. The molecule has 0 aliphatic rings. The summed E-state index contributed by atoms with van der Waals surface area (Å²) in [5.41, 5.74) is 0.0795. The van der Waals surface area contributed by atoms with E-state index in [4.69, 9.17) is 18.9 Å². The molecule has 0 spiro atoms. The van der Waals surface area contributed by atoms with Gasteiger partial charge in [0.15, 0.2) is 5.92 Å². The van der Waals surface area contributed by atoms with Gasteiger partial charge in [-0.15, -0.1) is 0 Å². The number of hydrogen-bond donors (Lipinski definition) is 1. The van der Waals surface area contributed by atoms with E-state index in [1.165, 1.54) is 21.3 Å². The maximum absolute atomic E-state index is 13.2. The molecule has 0 bridgehead atoms. The van der Waals surface area contributed by atoms with Gasteiger partial charge in [0.2, 0.25) is 5.91 Å². The first-order valence-corrected chi connectivity index (χ1v) is 9.09. The van der Waals surface area contributed by atoms with Gasteiger partial charge in [0.05, 0.1) is 21.3 Å². The Balaban J connectivity index is 2.44. The first kappa shape index (κ1) is 22.1. The molecule has 0 heterocycles. The summed E-state index contributed by atoms with van der Waals surface area (Å²) in [6.07, 6.45) is 0. The zero-order valence-electron chi connectivity index (χ0n) is 17.6. The maximum Gasteiger partial charge on any atom is 0.323 e. The highest BCUT2D eigenvalue weighted by molar-refractivity contribution is 6.10. The van der Waals surface area contributed by atoms with E-state index in [0.717, 1.165) is 0 Å². The molecule has 0 saturated heterocycles. The van der Waals surface area contributed by atoms with E-state index in [1.807, 2.05) is 6.07 Å². The Hall–Kier alpha value is -3.22. The third-order valence-electron chi connectivity index (χ3n) is 4.00. The summed E-state index contributed by atoms with van der Waals surface area (Å²) in [5.74, 6) is -1.19. The van der Waals surface area contributed by atoms with Crippen LogP contribution in [0.5, 0.6) is 17.2 Å². The predicted molar refractivity (Wildman–Crippen MR) is 110 cm³/mol. The standard InChI is InChI=1S/C22H27NO6/c1-22(2,3)29-21(25)18(14-10-8-7-9-11-14)20(24)23-19-16(27-5)12-15(26-4)13-17(19)28-6/h7-13,18H,1-6H3,(H,23,24). The Morgan fingerprint density at radius 3 is 1.90 bits per heavy atom. The molecule has 7 nitrogen and oxygen atoms in total. The van der Waals surface area contributed by atoms with Crippen LogP contribution in [0.3, 0.4) is 0 Å². The lowest BCUT2D eigenvalue weighted by Gasteiger charge is -2.24.